The van der Waals surface area contributed by atoms with Crippen molar-refractivity contribution in [1.29, 1.82) is 5.41 Å². The van der Waals surface area contributed by atoms with Gasteiger partial charge in [-0.3, -0.25) is 19.8 Å². The van der Waals surface area contributed by atoms with E-state index in [2.05, 4.69) is 27.5 Å². The van der Waals surface area contributed by atoms with Gasteiger partial charge < -0.3 is 30.2 Å². The Morgan fingerprint density at radius 3 is 2.36 bits per heavy atom. The SMILES string of the molecule is C=Cc1cc(C(=O)Nc2ccc(C(=N)NC=[SH]CC)cc2)c(-c2ccc(C(=O)NCC3CC3)nc2C(=O)OC(C)OC(=O)C(C)C)cc1OC. The number of hydrogen-bond donors (Lipinski definition) is 5. The number of ether oxygens (including phenoxy) is 3. The highest BCUT2D eigenvalue weighted by atomic mass is 32.1. The van der Waals surface area contributed by atoms with E-state index >= 15 is 0 Å². The summed E-state index contributed by atoms with van der Waals surface area (Å²) < 4.78 is 16.3. The molecular weight excluding hydrogens is 659 g/mol. The largest absolute Gasteiger partial charge is 0.496 e. The quantitative estimate of drug-likeness (QED) is 0.0336. The molecule has 264 valence electrons. The molecule has 13 heteroatoms. The number of nitrogens with one attached hydrogen (secondary N) is 4. The van der Waals surface area contributed by atoms with Crippen LogP contribution in [0.4, 0.5) is 5.69 Å². The van der Waals surface area contributed by atoms with E-state index in [4.69, 9.17) is 19.6 Å². The van der Waals surface area contributed by atoms with Gasteiger partial charge in [0.2, 0.25) is 6.29 Å². The molecule has 1 heterocycles. The van der Waals surface area contributed by atoms with Crippen LogP contribution in [0.25, 0.3) is 17.2 Å². The number of nitrogens with zero attached hydrogens (tertiary/aromatic N) is 1. The molecule has 1 atom stereocenters. The smallest absolute Gasteiger partial charge is 0.360 e. The minimum Gasteiger partial charge on any atom is -0.496 e. The van der Waals surface area contributed by atoms with Gasteiger partial charge in [-0.1, -0.05) is 33.4 Å². The van der Waals surface area contributed by atoms with E-state index in [0.717, 1.165) is 29.9 Å². The fourth-order valence-electron chi connectivity index (χ4n) is 4.69. The highest BCUT2D eigenvalue weighted by molar-refractivity contribution is 7.97. The summed E-state index contributed by atoms with van der Waals surface area (Å²) in [5.41, 5.74) is 3.69. The average molecular weight is 702 g/mol. The molecule has 1 unspecified atom stereocenters. The predicted octanol–water partition coefficient (Wildman–Crippen LogP) is 5.65. The molecule has 1 fully saturated rings. The van der Waals surface area contributed by atoms with Crippen LogP contribution in [-0.2, 0) is 14.3 Å². The Hall–Kier alpha value is -5.30. The van der Waals surface area contributed by atoms with E-state index in [9.17, 15) is 19.2 Å². The first kappa shape index (κ1) is 37.5. The van der Waals surface area contributed by atoms with Gasteiger partial charge in [0.05, 0.1) is 13.0 Å². The summed E-state index contributed by atoms with van der Waals surface area (Å²) in [5.74, 6) is -1.04. The second kappa shape index (κ2) is 17.4. The Morgan fingerprint density at radius 2 is 1.74 bits per heavy atom. The lowest BCUT2D eigenvalue weighted by Crippen LogP contribution is -2.28. The fourth-order valence-corrected chi connectivity index (χ4v) is 5.09. The van der Waals surface area contributed by atoms with Gasteiger partial charge in [-0.15, -0.1) is 0 Å². The van der Waals surface area contributed by atoms with Crippen molar-refractivity contribution in [1.82, 2.24) is 15.6 Å². The van der Waals surface area contributed by atoms with Crippen molar-refractivity contribution < 1.29 is 33.4 Å². The van der Waals surface area contributed by atoms with Gasteiger partial charge in [0.1, 0.15) is 17.3 Å². The van der Waals surface area contributed by atoms with E-state index < -0.39 is 36.0 Å². The molecule has 1 aromatic heterocycles. The van der Waals surface area contributed by atoms with Crippen LogP contribution in [0.3, 0.4) is 0 Å². The third-order valence-corrected chi connectivity index (χ3v) is 8.31. The lowest BCUT2D eigenvalue weighted by atomic mass is 9.94. The number of methoxy groups -OCH3 is 1. The number of hydrogen-bond acceptors (Lipinski definition) is 9. The van der Waals surface area contributed by atoms with Crippen molar-refractivity contribution in [3.05, 3.63) is 83.2 Å². The van der Waals surface area contributed by atoms with Gasteiger partial charge in [0, 0.05) is 52.5 Å². The number of benzene rings is 2. The molecule has 4 rings (SSSR count). The van der Waals surface area contributed by atoms with Crippen molar-refractivity contribution in [3.8, 4) is 16.9 Å². The van der Waals surface area contributed by atoms with Gasteiger partial charge in [-0.2, -0.15) is 11.4 Å². The maximum absolute atomic E-state index is 13.9. The molecule has 1 aliphatic rings. The summed E-state index contributed by atoms with van der Waals surface area (Å²) in [4.78, 5) is 57.2. The summed E-state index contributed by atoms with van der Waals surface area (Å²) in [6, 6.07) is 12.9. The number of carbonyl (C=O) groups excluding carboxylic acids is 4. The molecular formula is C37H43N5O7S. The van der Waals surface area contributed by atoms with Gasteiger partial charge in [-0.25, -0.2) is 9.78 Å². The third-order valence-electron chi connectivity index (χ3n) is 7.63. The van der Waals surface area contributed by atoms with Gasteiger partial charge in [0.15, 0.2) is 5.69 Å². The molecule has 50 heavy (non-hydrogen) atoms. The summed E-state index contributed by atoms with van der Waals surface area (Å²) in [5, 5.41) is 16.9. The van der Waals surface area contributed by atoms with Crippen LogP contribution in [0.15, 0.2) is 55.1 Å². The first-order valence-corrected chi connectivity index (χ1v) is 17.4. The zero-order valence-electron chi connectivity index (χ0n) is 28.8. The molecule has 0 aliphatic heterocycles. The Labute approximate surface area is 295 Å². The molecule has 0 spiro atoms. The van der Waals surface area contributed by atoms with Crippen molar-refractivity contribution >= 4 is 58.2 Å². The predicted molar refractivity (Wildman–Crippen MR) is 197 cm³/mol. The van der Waals surface area contributed by atoms with Crippen LogP contribution in [0.5, 0.6) is 5.75 Å². The average Bonchev–Trinajstić information content (AvgIpc) is 3.94. The molecule has 2 amide bonds. The molecule has 12 nitrogen and oxygen atoms in total. The zero-order chi connectivity index (χ0) is 36.4. The molecule has 1 saturated carbocycles. The summed E-state index contributed by atoms with van der Waals surface area (Å²) in [7, 11) is 1.46. The minimum atomic E-state index is -1.26. The van der Waals surface area contributed by atoms with E-state index in [1.807, 2.05) is 6.92 Å². The number of aromatic nitrogens is 1. The van der Waals surface area contributed by atoms with Crippen molar-refractivity contribution in [2.24, 2.45) is 11.8 Å². The topological polar surface area (TPSA) is 169 Å². The van der Waals surface area contributed by atoms with Crippen LogP contribution in [0, 0.1) is 17.2 Å². The van der Waals surface area contributed by atoms with E-state index in [-0.39, 0.29) is 33.9 Å². The molecule has 4 N–H and O–H groups in total. The van der Waals surface area contributed by atoms with Gasteiger partial charge >= 0.3 is 11.9 Å². The highest BCUT2D eigenvalue weighted by Crippen LogP contribution is 2.35. The number of esters is 2. The van der Waals surface area contributed by atoms with E-state index in [1.54, 1.807) is 55.7 Å². The van der Waals surface area contributed by atoms with Gasteiger partial charge in [0.25, 0.3) is 11.8 Å². The normalized spacial score (nSPS) is 13.1. The Balaban J connectivity index is 1.74. The maximum Gasteiger partial charge on any atom is 0.360 e. The fraction of sp³-hybridized carbons (Fsp3) is 0.324. The summed E-state index contributed by atoms with van der Waals surface area (Å²) >= 11 is 1.06. The van der Waals surface area contributed by atoms with Crippen molar-refractivity contribution in [3.63, 3.8) is 0 Å². The number of pyridine rings is 1. The first-order chi connectivity index (χ1) is 23.9. The highest BCUT2D eigenvalue weighted by Gasteiger charge is 2.28. The Bertz CT molecular complexity index is 1800. The lowest BCUT2D eigenvalue weighted by molar-refractivity contribution is -0.169. The van der Waals surface area contributed by atoms with Crippen molar-refractivity contribution in [2.75, 3.05) is 24.7 Å². The standard InChI is InChI=1S/C37H43N5O7S/c1-7-24-17-29(34(43)41-26-13-11-25(12-14-26)33(38)40-20-50-8-2)28(18-31(24)47-6)27-15-16-30(35(44)39-19-23-9-10-23)42-32(27)37(46)49-22(5)48-36(45)21(3)4/h7,11-18,20-23,50H,1,8-10,19H2,2-6H3,(H2,38,40)(H,39,44)(H,41,43). The van der Waals surface area contributed by atoms with Gasteiger partial charge in [-0.05, 0) is 73.0 Å². The zero-order valence-corrected chi connectivity index (χ0v) is 29.7. The number of anilines is 1. The Kier molecular flexibility index (Phi) is 13.0. The van der Waals surface area contributed by atoms with Crippen LogP contribution < -0.4 is 20.7 Å². The molecule has 3 aromatic rings. The second-order valence-electron chi connectivity index (χ2n) is 11.8. The molecule has 2 aromatic carbocycles. The molecule has 1 aliphatic carbocycles. The van der Waals surface area contributed by atoms with Crippen LogP contribution in [0.2, 0.25) is 0 Å². The lowest BCUT2D eigenvalue weighted by Gasteiger charge is -2.19. The van der Waals surface area contributed by atoms with E-state index in [0.29, 0.717) is 35.0 Å². The minimum absolute atomic E-state index is 0.0270. The van der Waals surface area contributed by atoms with Crippen LogP contribution in [-0.4, -0.2) is 65.8 Å². The van der Waals surface area contributed by atoms with Crippen LogP contribution >= 0.6 is 11.4 Å². The van der Waals surface area contributed by atoms with Crippen LogP contribution in [0.1, 0.15) is 83.0 Å². The van der Waals surface area contributed by atoms with E-state index in [1.165, 1.54) is 32.2 Å². The first-order valence-electron chi connectivity index (χ1n) is 16.3. The molecule has 0 bridgehead atoms. The number of amides is 2. The molecule has 0 radical (unpaired) electrons. The number of carbonyl (C=O) groups is 4. The summed E-state index contributed by atoms with van der Waals surface area (Å²) in [6.45, 7) is 11.1. The monoisotopic (exact) mass is 701 g/mol. The van der Waals surface area contributed by atoms with Crippen molar-refractivity contribution in [2.45, 2.75) is 46.8 Å². The number of rotatable bonds is 15. The number of amidine groups is 1. The number of thiol groups is 1. The second-order valence-corrected chi connectivity index (χ2v) is 13.1. The summed E-state index contributed by atoms with van der Waals surface area (Å²) in [6.07, 6.45) is 2.34. The molecule has 0 saturated heterocycles. The third kappa shape index (κ3) is 9.88. The Morgan fingerprint density at radius 1 is 1.02 bits per heavy atom. The maximum atomic E-state index is 13.9.